The van der Waals surface area contributed by atoms with E-state index in [1.54, 1.807) is 6.20 Å². The van der Waals surface area contributed by atoms with Crippen LogP contribution in [0.4, 0.5) is 5.82 Å². The van der Waals surface area contributed by atoms with Crippen LogP contribution in [0.5, 0.6) is 0 Å². The number of aromatic nitrogens is 2. The monoisotopic (exact) mass is 290 g/mol. The summed E-state index contributed by atoms with van der Waals surface area (Å²) >= 11 is 0. The summed E-state index contributed by atoms with van der Waals surface area (Å²) in [6.45, 7) is 5.88. The number of rotatable bonds is 7. The van der Waals surface area contributed by atoms with Crippen molar-refractivity contribution in [3.8, 4) is 0 Å². The summed E-state index contributed by atoms with van der Waals surface area (Å²) in [5.41, 5.74) is 0.682. The summed E-state index contributed by atoms with van der Waals surface area (Å²) in [6, 6.07) is 0. The molecule has 1 aromatic rings. The van der Waals surface area contributed by atoms with Gasteiger partial charge in [0.1, 0.15) is 11.5 Å². The summed E-state index contributed by atoms with van der Waals surface area (Å²) in [6.07, 6.45) is 10.3. The van der Waals surface area contributed by atoms with Crippen molar-refractivity contribution in [1.82, 2.24) is 15.3 Å². The van der Waals surface area contributed by atoms with Gasteiger partial charge in [-0.05, 0) is 31.1 Å². The van der Waals surface area contributed by atoms with E-state index < -0.39 is 0 Å². The van der Waals surface area contributed by atoms with Gasteiger partial charge in [0.25, 0.3) is 5.91 Å². The predicted octanol–water partition coefficient (Wildman–Crippen LogP) is 3.00. The van der Waals surface area contributed by atoms with Gasteiger partial charge in [-0.25, -0.2) is 4.98 Å². The van der Waals surface area contributed by atoms with Crippen molar-refractivity contribution in [3.05, 3.63) is 18.1 Å². The van der Waals surface area contributed by atoms with Crippen molar-refractivity contribution >= 4 is 11.7 Å². The van der Waals surface area contributed by atoms with Crippen LogP contribution in [0, 0.1) is 5.41 Å². The Bertz CT molecular complexity index is 469. The lowest BCUT2D eigenvalue weighted by molar-refractivity contribution is 0.0923. The Morgan fingerprint density at radius 1 is 1.29 bits per heavy atom. The minimum absolute atomic E-state index is 0.123. The molecule has 1 amide bonds. The summed E-state index contributed by atoms with van der Waals surface area (Å²) in [7, 11) is 0. The molecular formula is C16H26N4O. The van der Waals surface area contributed by atoms with Gasteiger partial charge in [0.05, 0.1) is 12.4 Å². The number of hydrogen-bond acceptors (Lipinski definition) is 4. The smallest absolute Gasteiger partial charge is 0.271 e. The van der Waals surface area contributed by atoms with Crippen molar-refractivity contribution in [2.24, 2.45) is 5.41 Å². The van der Waals surface area contributed by atoms with Gasteiger partial charge in [0, 0.05) is 13.1 Å². The van der Waals surface area contributed by atoms with Gasteiger partial charge in [-0.1, -0.05) is 26.7 Å². The first-order valence-electron chi connectivity index (χ1n) is 8.03. The standard InChI is InChI=1S/C16H26N4O/c1-3-9-18-14-11-17-10-13(20-14)15(21)19-12-16(4-2)7-5-6-8-16/h10-11H,3-9,12H2,1-2H3,(H,18,20)(H,19,21). The van der Waals surface area contributed by atoms with Crippen LogP contribution in [0.1, 0.15) is 62.9 Å². The molecule has 1 saturated carbocycles. The van der Waals surface area contributed by atoms with Crippen LogP contribution in [-0.2, 0) is 0 Å². The number of anilines is 1. The molecule has 116 valence electrons. The number of nitrogens with zero attached hydrogens (tertiary/aromatic N) is 2. The highest BCUT2D eigenvalue weighted by Crippen LogP contribution is 2.40. The molecule has 0 spiro atoms. The molecule has 1 aliphatic rings. The van der Waals surface area contributed by atoms with E-state index >= 15 is 0 Å². The molecule has 0 unspecified atom stereocenters. The molecule has 2 rings (SSSR count). The van der Waals surface area contributed by atoms with Crippen molar-refractivity contribution in [2.45, 2.75) is 52.4 Å². The van der Waals surface area contributed by atoms with Crippen LogP contribution in [0.25, 0.3) is 0 Å². The molecule has 2 N–H and O–H groups in total. The SMILES string of the molecule is CCCNc1cncc(C(=O)NCC2(CC)CCCC2)n1. The van der Waals surface area contributed by atoms with Crippen molar-refractivity contribution in [1.29, 1.82) is 0 Å². The Labute approximate surface area is 127 Å². The van der Waals surface area contributed by atoms with Crippen LogP contribution in [0.15, 0.2) is 12.4 Å². The lowest BCUT2D eigenvalue weighted by atomic mass is 9.83. The number of carbonyl (C=O) groups excluding carboxylic acids is 1. The van der Waals surface area contributed by atoms with E-state index in [1.165, 1.54) is 31.9 Å². The topological polar surface area (TPSA) is 66.9 Å². The molecule has 0 radical (unpaired) electrons. The molecule has 1 aromatic heterocycles. The van der Waals surface area contributed by atoms with Gasteiger partial charge in [0.15, 0.2) is 0 Å². The number of nitrogens with one attached hydrogen (secondary N) is 2. The summed E-state index contributed by atoms with van der Waals surface area (Å²) < 4.78 is 0. The summed E-state index contributed by atoms with van der Waals surface area (Å²) in [5, 5.41) is 6.20. The van der Waals surface area contributed by atoms with E-state index in [4.69, 9.17) is 0 Å². The van der Waals surface area contributed by atoms with Crippen molar-refractivity contribution in [3.63, 3.8) is 0 Å². The minimum atomic E-state index is -0.123. The molecule has 0 saturated heterocycles. The van der Waals surface area contributed by atoms with Gasteiger partial charge in [-0.2, -0.15) is 0 Å². The first-order valence-corrected chi connectivity index (χ1v) is 8.03. The molecule has 0 aliphatic heterocycles. The maximum absolute atomic E-state index is 12.2. The molecule has 1 fully saturated rings. The van der Waals surface area contributed by atoms with E-state index in [0.717, 1.165) is 25.9 Å². The molecule has 0 atom stereocenters. The quantitative estimate of drug-likeness (QED) is 0.810. The van der Waals surface area contributed by atoms with E-state index in [2.05, 4.69) is 34.4 Å². The molecule has 1 heterocycles. The molecule has 21 heavy (non-hydrogen) atoms. The Kier molecular flexibility index (Phi) is 5.53. The Morgan fingerprint density at radius 3 is 2.71 bits per heavy atom. The van der Waals surface area contributed by atoms with E-state index in [-0.39, 0.29) is 5.91 Å². The molecule has 1 aliphatic carbocycles. The second kappa shape index (κ2) is 7.38. The maximum Gasteiger partial charge on any atom is 0.271 e. The normalized spacial score (nSPS) is 16.7. The Hall–Kier alpha value is -1.65. The lowest BCUT2D eigenvalue weighted by Crippen LogP contribution is -2.36. The molecule has 5 nitrogen and oxygen atoms in total. The van der Waals surface area contributed by atoms with Gasteiger partial charge >= 0.3 is 0 Å². The van der Waals surface area contributed by atoms with Crippen molar-refractivity contribution in [2.75, 3.05) is 18.4 Å². The van der Waals surface area contributed by atoms with Crippen LogP contribution in [-0.4, -0.2) is 29.0 Å². The first-order chi connectivity index (χ1) is 10.2. The fraction of sp³-hybridized carbons (Fsp3) is 0.688. The molecule has 5 heteroatoms. The number of hydrogen-bond donors (Lipinski definition) is 2. The van der Waals surface area contributed by atoms with Crippen LogP contribution in [0.3, 0.4) is 0 Å². The van der Waals surface area contributed by atoms with E-state index in [9.17, 15) is 4.79 Å². The number of carbonyl (C=O) groups is 1. The molecular weight excluding hydrogens is 264 g/mol. The maximum atomic E-state index is 12.2. The van der Waals surface area contributed by atoms with Gasteiger partial charge in [-0.3, -0.25) is 9.78 Å². The van der Waals surface area contributed by atoms with Crippen LogP contribution >= 0.6 is 0 Å². The highest BCUT2D eigenvalue weighted by Gasteiger charge is 2.32. The van der Waals surface area contributed by atoms with Gasteiger partial charge < -0.3 is 10.6 Å². The fourth-order valence-corrected chi connectivity index (χ4v) is 2.95. The third-order valence-corrected chi connectivity index (χ3v) is 4.46. The minimum Gasteiger partial charge on any atom is -0.369 e. The first kappa shape index (κ1) is 15.7. The van der Waals surface area contributed by atoms with Gasteiger partial charge in [-0.15, -0.1) is 0 Å². The zero-order chi connectivity index (χ0) is 15.1. The Balaban J connectivity index is 1.93. The largest absolute Gasteiger partial charge is 0.369 e. The molecule has 0 bridgehead atoms. The van der Waals surface area contributed by atoms with Crippen LogP contribution < -0.4 is 10.6 Å². The second-order valence-electron chi connectivity index (χ2n) is 5.96. The molecule has 0 aromatic carbocycles. The average molecular weight is 290 g/mol. The Morgan fingerprint density at radius 2 is 2.05 bits per heavy atom. The zero-order valence-electron chi connectivity index (χ0n) is 13.1. The zero-order valence-corrected chi connectivity index (χ0v) is 13.1. The highest BCUT2D eigenvalue weighted by molar-refractivity contribution is 5.92. The van der Waals surface area contributed by atoms with Crippen molar-refractivity contribution < 1.29 is 4.79 Å². The highest BCUT2D eigenvalue weighted by atomic mass is 16.1. The fourth-order valence-electron chi connectivity index (χ4n) is 2.95. The third kappa shape index (κ3) is 4.16. The summed E-state index contributed by atoms with van der Waals surface area (Å²) in [5.74, 6) is 0.540. The third-order valence-electron chi connectivity index (χ3n) is 4.46. The summed E-state index contributed by atoms with van der Waals surface area (Å²) in [4.78, 5) is 20.7. The average Bonchev–Trinajstić information content (AvgIpc) is 3.00. The lowest BCUT2D eigenvalue weighted by Gasteiger charge is -2.27. The number of amides is 1. The van der Waals surface area contributed by atoms with E-state index in [1.807, 2.05) is 0 Å². The predicted molar refractivity (Wildman–Crippen MR) is 84.3 cm³/mol. The van der Waals surface area contributed by atoms with Gasteiger partial charge in [0.2, 0.25) is 0 Å². The van der Waals surface area contributed by atoms with Crippen LogP contribution in [0.2, 0.25) is 0 Å². The van der Waals surface area contributed by atoms with E-state index in [0.29, 0.717) is 16.9 Å². The second-order valence-corrected chi connectivity index (χ2v) is 5.96.